The molecule has 0 radical (unpaired) electrons. The van der Waals surface area contributed by atoms with E-state index in [-0.39, 0.29) is 5.75 Å². The minimum Gasteiger partial charge on any atom is -0.507 e. The summed E-state index contributed by atoms with van der Waals surface area (Å²) in [7, 11) is 0. The van der Waals surface area contributed by atoms with E-state index in [9.17, 15) is 5.11 Å². The fourth-order valence-electron chi connectivity index (χ4n) is 1.18. The van der Waals surface area contributed by atoms with E-state index in [4.69, 9.17) is 9.94 Å². The Balaban J connectivity index is 2.88. The average Bonchev–Trinajstić information content (AvgIpc) is 2.25. The Morgan fingerprint density at radius 2 is 2.20 bits per heavy atom. The standard InChI is InChI=1S/C11H15NO3/c1-3-6-15-9-4-5-10(8(2)12-14)11(13)7-9/h4-5,7,13-14H,3,6H2,1-2H3/b12-8+. The van der Waals surface area contributed by atoms with Crippen molar-refractivity contribution < 1.29 is 15.1 Å². The molecule has 0 spiro atoms. The molecule has 82 valence electrons. The Kier molecular flexibility index (Phi) is 3.97. The van der Waals surface area contributed by atoms with Crippen LogP contribution >= 0.6 is 0 Å². The normalized spacial score (nSPS) is 11.5. The number of hydrogen-bond acceptors (Lipinski definition) is 4. The number of phenols is 1. The van der Waals surface area contributed by atoms with Gasteiger partial charge in [0.15, 0.2) is 0 Å². The predicted octanol–water partition coefficient (Wildman–Crippen LogP) is 2.38. The van der Waals surface area contributed by atoms with Crippen LogP contribution in [-0.2, 0) is 0 Å². The van der Waals surface area contributed by atoms with Gasteiger partial charge in [0.2, 0.25) is 0 Å². The minimum absolute atomic E-state index is 0.0545. The number of oxime groups is 1. The Morgan fingerprint density at radius 3 is 2.73 bits per heavy atom. The highest BCUT2D eigenvalue weighted by Gasteiger charge is 2.06. The molecule has 2 N–H and O–H groups in total. The zero-order valence-corrected chi connectivity index (χ0v) is 8.90. The van der Waals surface area contributed by atoms with Crippen molar-refractivity contribution in [2.75, 3.05) is 6.61 Å². The molecule has 1 aromatic carbocycles. The van der Waals surface area contributed by atoms with Crippen molar-refractivity contribution in [3.8, 4) is 11.5 Å². The molecular weight excluding hydrogens is 194 g/mol. The van der Waals surface area contributed by atoms with Crippen LogP contribution in [0.4, 0.5) is 0 Å². The fourth-order valence-corrected chi connectivity index (χ4v) is 1.18. The molecule has 0 aromatic heterocycles. The maximum atomic E-state index is 9.62. The van der Waals surface area contributed by atoms with E-state index in [1.807, 2.05) is 6.92 Å². The number of nitrogens with zero attached hydrogens (tertiary/aromatic N) is 1. The molecule has 4 heteroatoms. The Bertz CT molecular complexity index is 361. The van der Waals surface area contributed by atoms with Crippen molar-refractivity contribution >= 4 is 5.71 Å². The van der Waals surface area contributed by atoms with Crippen molar-refractivity contribution in [2.24, 2.45) is 5.16 Å². The second-order valence-corrected chi connectivity index (χ2v) is 3.21. The zero-order chi connectivity index (χ0) is 11.3. The van der Waals surface area contributed by atoms with Crippen molar-refractivity contribution in [1.82, 2.24) is 0 Å². The van der Waals surface area contributed by atoms with Gasteiger partial charge in [-0.05, 0) is 25.5 Å². The first-order valence-electron chi connectivity index (χ1n) is 4.84. The summed E-state index contributed by atoms with van der Waals surface area (Å²) in [4.78, 5) is 0. The summed E-state index contributed by atoms with van der Waals surface area (Å²) in [5.74, 6) is 0.669. The second-order valence-electron chi connectivity index (χ2n) is 3.21. The van der Waals surface area contributed by atoms with Crippen LogP contribution in [0.5, 0.6) is 11.5 Å². The quantitative estimate of drug-likeness (QED) is 0.454. The molecule has 0 saturated carbocycles. The van der Waals surface area contributed by atoms with Gasteiger partial charge < -0.3 is 15.1 Å². The van der Waals surface area contributed by atoms with Crippen LogP contribution in [0.1, 0.15) is 25.8 Å². The van der Waals surface area contributed by atoms with Gasteiger partial charge >= 0.3 is 0 Å². The van der Waals surface area contributed by atoms with Gasteiger partial charge in [-0.3, -0.25) is 0 Å². The third-order valence-corrected chi connectivity index (χ3v) is 1.98. The summed E-state index contributed by atoms with van der Waals surface area (Å²) < 4.78 is 5.34. The van der Waals surface area contributed by atoms with Gasteiger partial charge in [-0.15, -0.1) is 0 Å². The number of phenolic OH excluding ortho intramolecular Hbond substituents is 1. The smallest absolute Gasteiger partial charge is 0.128 e. The highest BCUT2D eigenvalue weighted by molar-refractivity contribution is 6.00. The van der Waals surface area contributed by atoms with Gasteiger partial charge in [0.05, 0.1) is 12.3 Å². The van der Waals surface area contributed by atoms with Crippen LogP contribution in [-0.4, -0.2) is 22.6 Å². The number of hydrogen-bond donors (Lipinski definition) is 2. The number of ether oxygens (including phenoxy) is 1. The molecule has 0 aliphatic heterocycles. The Hall–Kier alpha value is -1.71. The lowest BCUT2D eigenvalue weighted by molar-refractivity contribution is 0.314. The molecular formula is C11H15NO3. The topological polar surface area (TPSA) is 62.0 Å². The molecule has 1 rings (SSSR count). The van der Waals surface area contributed by atoms with E-state index in [0.717, 1.165) is 6.42 Å². The summed E-state index contributed by atoms with van der Waals surface area (Å²) in [6.07, 6.45) is 0.916. The van der Waals surface area contributed by atoms with Crippen LogP contribution in [0, 0.1) is 0 Å². The van der Waals surface area contributed by atoms with Crippen LogP contribution in [0.2, 0.25) is 0 Å². The molecule has 0 atom stereocenters. The summed E-state index contributed by atoms with van der Waals surface area (Å²) >= 11 is 0. The van der Waals surface area contributed by atoms with Crippen LogP contribution in [0.3, 0.4) is 0 Å². The molecule has 0 aliphatic carbocycles. The molecule has 1 aromatic rings. The minimum atomic E-state index is 0.0545. The summed E-state index contributed by atoms with van der Waals surface area (Å²) in [6, 6.07) is 4.91. The lowest BCUT2D eigenvalue weighted by atomic mass is 10.1. The van der Waals surface area contributed by atoms with Gasteiger partial charge in [-0.2, -0.15) is 0 Å². The van der Waals surface area contributed by atoms with E-state index in [2.05, 4.69) is 5.16 Å². The third-order valence-electron chi connectivity index (χ3n) is 1.98. The van der Waals surface area contributed by atoms with Gasteiger partial charge in [0, 0.05) is 11.6 Å². The Morgan fingerprint density at radius 1 is 1.47 bits per heavy atom. The van der Waals surface area contributed by atoms with Crippen LogP contribution in [0.25, 0.3) is 0 Å². The molecule has 15 heavy (non-hydrogen) atoms. The molecule has 4 nitrogen and oxygen atoms in total. The van der Waals surface area contributed by atoms with Gasteiger partial charge in [0.25, 0.3) is 0 Å². The van der Waals surface area contributed by atoms with E-state index in [1.54, 1.807) is 19.1 Å². The number of benzene rings is 1. The first-order valence-corrected chi connectivity index (χ1v) is 4.84. The molecule has 0 unspecified atom stereocenters. The fraction of sp³-hybridized carbons (Fsp3) is 0.364. The van der Waals surface area contributed by atoms with Crippen molar-refractivity contribution in [1.29, 1.82) is 0 Å². The molecule has 0 heterocycles. The lowest BCUT2D eigenvalue weighted by Gasteiger charge is -2.07. The third kappa shape index (κ3) is 2.87. The van der Waals surface area contributed by atoms with E-state index >= 15 is 0 Å². The van der Waals surface area contributed by atoms with E-state index < -0.39 is 0 Å². The molecule has 0 amide bonds. The largest absolute Gasteiger partial charge is 0.507 e. The number of rotatable bonds is 4. The molecule has 0 aliphatic rings. The summed E-state index contributed by atoms with van der Waals surface area (Å²) in [5, 5.41) is 21.2. The van der Waals surface area contributed by atoms with Gasteiger partial charge in [0.1, 0.15) is 11.5 Å². The second kappa shape index (κ2) is 5.24. The first kappa shape index (κ1) is 11.4. The Labute approximate surface area is 88.8 Å². The van der Waals surface area contributed by atoms with Crippen LogP contribution in [0.15, 0.2) is 23.4 Å². The van der Waals surface area contributed by atoms with Crippen LogP contribution < -0.4 is 4.74 Å². The van der Waals surface area contributed by atoms with Gasteiger partial charge in [-0.1, -0.05) is 12.1 Å². The SMILES string of the molecule is CCCOc1ccc(/C(C)=N/O)c(O)c1. The van der Waals surface area contributed by atoms with Crippen molar-refractivity contribution in [3.63, 3.8) is 0 Å². The van der Waals surface area contributed by atoms with Crippen molar-refractivity contribution in [3.05, 3.63) is 23.8 Å². The summed E-state index contributed by atoms with van der Waals surface area (Å²) in [6.45, 7) is 4.24. The maximum absolute atomic E-state index is 9.62. The van der Waals surface area contributed by atoms with E-state index in [0.29, 0.717) is 23.6 Å². The van der Waals surface area contributed by atoms with Gasteiger partial charge in [-0.25, -0.2) is 0 Å². The van der Waals surface area contributed by atoms with Crippen molar-refractivity contribution in [2.45, 2.75) is 20.3 Å². The first-order chi connectivity index (χ1) is 7.19. The maximum Gasteiger partial charge on any atom is 0.128 e. The highest BCUT2D eigenvalue weighted by Crippen LogP contribution is 2.24. The average molecular weight is 209 g/mol. The van der Waals surface area contributed by atoms with E-state index in [1.165, 1.54) is 6.07 Å². The highest BCUT2D eigenvalue weighted by atomic mass is 16.5. The predicted molar refractivity (Wildman–Crippen MR) is 57.9 cm³/mol. The monoisotopic (exact) mass is 209 g/mol. The number of aromatic hydroxyl groups is 1. The zero-order valence-electron chi connectivity index (χ0n) is 8.90. The molecule has 0 bridgehead atoms. The molecule has 0 saturated heterocycles. The lowest BCUT2D eigenvalue weighted by Crippen LogP contribution is -1.98. The summed E-state index contributed by atoms with van der Waals surface area (Å²) in [5.41, 5.74) is 0.871. The molecule has 0 fully saturated rings.